The van der Waals surface area contributed by atoms with E-state index in [1.165, 1.54) is 0 Å². The lowest BCUT2D eigenvalue weighted by atomic mass is 9.91. The van der Waals surface area contributed by atoms with Crippen LogP contribution in [-0.2, 0) is 0 Å². The quantitative estimate of drug-likeness (QED) is 0.916. The van der Waals surface area contributed by atoms with Gasteiger partial charge in [-0.05, 0) is 57.4 Å². The van der Waals surface area contributed by atoms with Crippen LogP contribution in [0.2, 0.25) is 0 Å². The minimum atomic E-state index is -0.0452. The predicted octanol–water partition coefficient (Wildman–Crippen LogP) is 2.80. The molecule has 0 saturated heterocycles. The number of amides is 1. The molecule has 2 aromatic rings. The molecule has 1 amide bonds. The number of fused-ring (bicyclic) bond motifs is 1. The second kappa shape index (κ2) is 6.44. The first kappa shape index (κ1) is 15.0. The van der Waals surface area contributed by atoms with E-state index in [0.29, 0.717) is 11.7 Å². The van der Waals surface area contributed by atoms with Crippen LogP contribution in [0, 0.1) is 6.92 Å². The Kier molecular flexibility index (Phi) is 4.39. The number of hydrogen-bond donors (Lipinski definition) is 2. The molecule has 0 spiro atoms. The zero-order chi connectivity index (χ0) is 15.5. The minimum absolute atomic E-state index is 0.0452. The van der Waals surface area contributed by atoms with E-state index >= 15 is 0 Å². The molecule has 1 aromatic heterocycles. The van der Waals surface area contributed by atoms with Crippen LogP contribution < -0.4 is 10.6 Å². The van der Waals surface area contributed by atoms with Crippen molar-refractivity contribution in [1.29, 1.82) is 0 Å². The first-order chi connectivity index (χ1) is 10.7. The number of aryl methyl sites for hydroxylation is 1. The van der Waals surface area contributed by atoms with Crippen LogP contribution in [-0.4, -0.2) is 30.0 Å². The predicted molar refractivity (Wildman–Crippen MR) is 89.0 cm³/mol. The Hall–Kier alpha value is -1.94. The Balaban J connectivity index is 1.73. The zero-order valence-corrected chi connectivity index (χ0v) is 13.2. The van der Waals surface area contributed by atoms with Crippen molar-refractivity contribution in [3.63, 3.8) is 0 Å². The molecule has 0 unspecified atom stereocenters. The molecular formula is C18H23N3O. The average Bonchev–Trinajstić information content (AvgIpc) is 2.54. The Bertz CT molecular complexity index is 675. The number of aromatic nitrogens is 1. The highest BCUT2D eigenvalue weighted by Crippen LogP contribution is 2.20. The Morgan fingerprint density at radius 1 is 1.14 bits per heavy atom. The van der Waals surface area contributed by atoms with Gasteiger partial charge in [0, 0.05) is 17.5 Å². The highest BCUT2D eigenvalue weighted by molar-refractivity contribution is 5.96. The summed E-state index contributed by atoms with van der Waals surface area (Å²) >= 11 is 0. The first-order valence-corrected chi connectivity index (χ1v) is 8.02. The molecule has 1 fully saturated rings. The number of rotatable bonds is 3. The number of nitrogens with zero attached hydrogens (tertiary/aromatic N) is 1. The van der Waals surface area contributed by atoms with Crippen molar-refractivity contribution in [3.05, 3.63) is 41.6 Å². The van der Waals surface area contributed by atoms with Crippen LogP contribution in [0.4, 0.5) is 0 Å². The molecule has 2 N–H and O–H groups in total. The molecule has 116 valence electrons. The lowest BCUT2D eigenvalue weighted by Gasteiger charge is -2.28. The third-order valence-corrected chi connectivity index (χ3v) is 4.60. The van der Waals surface area contributed by atoms with Crippen LogP contribution in [0.25, 0.3) is 10.9 Å². The molecule has 0 atom stereocenters. The van der Waals surface area contributed by atoms with E-state index in [-0.39, 0.29) is 11.9 Å². The van der Waals surface area contributed by atoms with Gasteiger partial charge in [0.1, 0.15) is 5.69 Å². The summed E-state index contributed by atoms with van der Waals surface area (Å²) in [5, 5.41) is 7.54. The third-order valence-electron chi connectivity index (χ3n) is 4.60. The maximum absolute atomic E-state index is 12.5. The number of pyridine rings is 1. The summed E-state index contributed by atoms with van der Waals surface area (Å²) in [6, 6.07) is 10.8. The maximum atomic E-state index is 12.5. The van der Waals surface area contributed by atoms with Crippen molar-refractivity contribution in [2.24, 2.45) is 0 Å². The van der Waals surface area contributed by atoms with Gasteiger partial charge >= 0.3 is 0 Å². The minimum Gasteiger partial charge on any atom is -0.348 e. The third kappa shape index (κ3) is 3.12. The van der Waals surface area contributed by atoms with E-state index in [4.69, 9.17) is 0 Å². The van der Waals surface area contributed by atoms with Crippen LogP contribution >= 0.6 is 0 Å². The van der Waals surface area contributed by atoms with Gasteiger partial charge < -0.3 is 10.6 Å². The van der Waals surface area contributed by atoms with Gasteiger partial charge in [0.15, 0.2) is 0 Å². The molecule has 1 saturated carbocycles. The topological polar surface area (TPSA) is 54.0 Å². The van der Waals surface area contributed by atoms with Crippen LogP contribution in [0.1, 0.15) is 41.7 Å². The molecule has 3 rings (SSSR count). The molecule has 22 heavy (non-hydrogen) atoms. The van der Waals surface area contributed by atoms with Crippen LogP contribution in [0.15, 0.2) is 30.3 Å². The van der Waals surface area contributed by atoms with E-state index < -0.39 is 0 Å². The van der Waals surface area contributed by atoms with Gasteiger partial charge in [-0.2, -0.15) is 0 Å². The summed E-state index contributed by atoms with van der Waals surface area (Å²) in [4.78, 5) is 17.1. The monoisotopic (exact) mass is 297 g/mol. The SMILES string of the molecule is CNC1CCC(NC(=O)c2nc3ccccc3cc2C)CC1. The summed E-state index contributed by atoms with van der Waals surface area (Å²) in [5.74, 6) is -0.0452. The molecular weight excluding hydrogens is 274 g/mol. The first-order valence-electron chi connectivity index (χ1n) is 8.02. The van der Waals surface area contributed by atoms with Crippen molar-refractivity contribution < 1.29 is 4.79 Å². The highest BCUT2D eigenvalue weighted by Gasteiger charge is 2.22. The Labute approximate surface area is 131 Å². The molecule has 1 heterocycles. The lowest BCUT2D eigenvalue weighted by Crippen LogP contribution is -2.41. The average molecular weight is 297 g/mol. The molecule has 1 aliphatic carbocycles. The molecule has 0 aliphatic heterocycles. The van der Waals surface area contributed by atoms with Crippen molar-refractivity contribution >= 4 is 16.8 Å². The van der Waals surface area contributed by atoms with Crippen molar-refractivity contribution in [3.8, 4) is 0 Å². The standard InChI is InChI=1S/C18H23N3O/c1-12-11-13-5-3-4-6-16(13)21-17(12)18(22)20-15-9-7-14(19-2)8-10-15/h3-6,11,14-15,19H,7-10H2,1-2H3,(H,20,22). The van der Waals surface area contributed by atoms with Gasteiger partial charge in [0.05, 0.1) is 5.52 Å². The van der Waals surface area contributed by atoms with Crippen LogP contribution in [0.5, 0.6) is 0 Å². The van der Waals surface area contributed by atoms with Crippen LogP contribution in [0.3, 0.4) is 0 Å². The van der Waals surface area contributed by atoms with E-state index in [1.807, 2.05) is 44.3 Å². The van der Waals surface area contributed by atoms with E-state index in [9.17, 15) is 4.79 Å². The summed E-state index contributed by atoms with van der Waals surface area (Å²) in [6.45, 7) is 1.95. The van der Waals surface area contributed by atoms with Crippen molar-refractivity contribution in [2.75, 3.05) is 7.05 Å². The second-order valence-electron chi connectivity index (χ2n) is 6.16. The van der Waals surface area contributed by atoms with Gasteiger partial charge in [-0.15, -0.1) is 0 Å². The lowest BCUT2D eigenvalue weighted by molar-refractivity contribution is 0.0919. The molecule has 1 aromatic carbocycles. The Morgan fingerprint density at radius 3 is 2.55 bits per heavy atom. The second-order valence-corrected chi connectivity index (χ2v) is 6.16. The number of carbonyl (C=O) groups excluding carboxylic acids is 1. The largest absolute Gasteiger partial charge is 0.348 e. The van der Waals surface area contributed by atoms with Crippen molar-refractivity contribution in [1.82, 2.24) is 15.6 Å². The molecule has 4 nitrogen and oxygen atoms in total. The number of para-hydroxylation sites is 1. The summed E-state index contributed by atoms with van der Waals surface area (Å²) < 4.78 is 0. The summed E-state index contributed by atoms with van der Waals surface area (Å²) in [7, 11) is 2.01. The van der Waals surface area contributed by atoms with Gasteiger partial charge in [-0.3, -0.25) is 4.79 Å². The van der Waals surface area contributed by atoms with Gasteiger partial charge in [-0.25, -0.2) is 4.98 Å². The number of benzene rings is 1. The van der Waals surface area contributed by atoms with E-state index in [0.717, 1.165) is 42.1 Å². The Morgan fingerprint density at radius 2 is 1.82 bits per heavy atom. The van der Waals surface area contributed by atoms with E-state index in [1.54, 1.807) is 0 Å². The molecule has 4 heteroatoms. The van der Waals surface area contributed by atoms with E-state index in [2.05, 4.69) is 15.6 Å². The molecule has 0 radical (unpaired) electrons. The van der Waals surface area contributed by atoms with Gasteiger partial charge in [0.2, 0.25) is 0 Å². The fraction of sp³-hybridized carbons (Fsp3) is 0.444. The van der Waals surface area contributed by atoms with Gasteiger partial charge in [-0.1, -0.05) is 18.2 Å². The molecule has 1 aliphatic rings. The number of carbonyl (C=O) groups is 1. The smallest absolute Gasteiger partial charge is 0.270 e. The highest BCUT2D eigenvalue weighted by atomic mass is 16.1. The molecule has 0 bridgehead atoms. The number of hydrogen-bond acceptors (Lipinski definition) is 3. The van der Waals surface area contributed by atoms with Crippen molar-refractivity contribution in [2.45, 2.75) is 44.7 Å². The normalized spacial score (nSPS) is 21.7. The van der Waals surface area contributed by atoms with Gasteiger partial charge in [0.25, 0.3) is 5.91 Å². The fourth-order valence-electron chi connectivity index (χ4n) is 3.23. The summed E-state index contributed by atoms with van der Waals surface area (Å²) in [6.07, 6.45) is 4.30. The number of nitrogens with one attached hydrogen (secondary N) is 2. The maximum Gasteiger partial charge on any atom is 0.270 e. The zero-order valence-electron chi connectivity index (χ0n) is 13.2. The fourth-order valence-corrected chi connectivity index (χ4v) is 3.23. The summed E-state index contributed by atoms with van der Waals surface area (Å²) in [5.41, 5.74) is 2.35.